The lowest BCUT2D eigenvalue weighted by molar-refractivity contribution is -0.140. The molecule has 1 unspecified atom stereocenters. The van der Waals surface area contributed by atoms with Crippen LogP contribution in [0.3, 0.4) is 0 Å². The average Bonchev–Trinajstić information content (AvgIpc) is 3.50. The number of nitrogens with zero attached hydrogens (tertiary/aromatic N) is 2. The Morgan fingerprint density at radius 1 is 0.977 bits per heavy atom. The van der Waals surface area contributed by atoms with Crippen LogP contribution in [0, 0.1) is 6.92 Å². The van der Waals surface area contributed by atoms with E-state index in [4.69, 9.17) is 16.3 Å². The summed E-state index contributed by atoms with van der Waals surface area (Å²) in [5.74, 6) is -0.454. The molecule has 1 fully saturated rings. The van der Waals surface area contributed by atoms with Crippen LogP contribution >= 0.6 is 11.6 Å². The maximum Gasteiger partial charge on any atom is 0.264 e. The highest BCUT2D eigenvalue weighted by atomic mass is 35.5. The number of benzene rings is 3. The van der Waals surface area contributed by atoms with Crippen molar-refractivity contribution in [2.45, 2.75) is 76.4 Å². The molecule has 0 spiro atoms. The second-order valence-corrected chi connectivity index (χ2v) is 13.0. The monoisotopic (exact) mass is 625 g/mol. The lowest BCUT2D eigenvalue weighted by atomic mass is 10.1. The summed E-state index contributed by atoms with van der Waals surface area (Å²) in [6.07, 6.45) is 4.24. The van der Waals surface area contributed by atoms with Gasteiger partial charge in [0.05, 0.1) is 17.2 Å². The third-order valence-electron chi connectivity index (χ3n) is 7.71. The molecule has 1 atom stereocenters. The summed E-state index contributed by atoms with van der Waals surface area (Å²) in [6, 6.07) is 19.6. The number of para-hydroxylation sites is 2. The van der Waals surface area contributed by atoms with Crippen molar-refractivity contribution in [2.75, 3.05) is 17.5 Å². The molecule has 10 heteroatoms. The molecular formula is C33H40ClN3O5S. The van der Waals surface area contributed by atoms with Crippen molar-refractivity contribution in [1.29, 1.82) is 0 Å². The molecule has 230 valence electrons. The molecular weight excluding hydrogens is 586 g/mol. The molecule has 1 N–H and O–H groups in total. The molecule has 2 amide bonds. The summed E-state index contributed by atoms with van der Waals surface area (Å²) in [6.45, 7) is 5.33. The zero-order valence-electron chi connectivity index (χ0n) is 25.0. The number of sulfonamides is 1. The van der Waals surface area contributed by atoms with Gasteiger partial charge in [-0.05, 0) is 69.0 Å². The fraction of sp³-hybridized carbons (Fsp3) is 0.394. The summed E-state index contributed by atoms with van der Waals surface area (Å²) in [7, 11) is -4.21. The van der Waals surface area contributed by atoms with E-state index in [1.807, 2.05) is 19.9 Å². The van der Waals surface area contributed by atoms with Gasteiger partial charge in [-0.1, -0.05) is 79.4 Å². The molecule has 8 nitrogen and oxygen atoms in total. The van der Waals surface area contributed by atoms with Crippen molar-refractivity contribution in [3.8, 4) is 5.75 Å². The summed E-state index contributed by atoms with van der Waals surface area (Å²) in [5.41, 5.74) is 1.80. The standard InChI is InChI=1S/C33H40ClN3O5S/c1-4-29(33(39)35-26-13-7-8-14-26)36(22-25-12-6-9-15-28(25)34)32(38)23-37(30-16-10-11-17-31(30)42-5-2)43(40,41)27-20-18-24(3)19-21-27/h6,9-12,15-21,26,29H,4-5,7-8,13-14,22-23H2,1-3H3,(H,35,39). The van der Waals surface area contributed by atoms with E-state index >= 15 is 0 Å². The molecule has 0 saturated heterocycles. The van der Waals surface area contributed by atoms with Gasteiger partial charge in [0.15, 0.2) is 0 Å². The van der Waals surface area contributed by atoms with Crippen LogP contribution in [0.15, 0.2) is 77.7 Å². The quantitative estimate of drug-likeness (QED) is 0.247. The lowest BCUT2D eigenvalue weighted by Crippen LogP contribution is -2.53. The van der Waals surface area contributed by atoms with Gasteiger partial charge in [0, 0.05) is 17.6 Å². The van der Waals surface area contributed by atoms with E-state index in [1.54, 1.807) is 61.5 Å². The SMILES string of the molecule is CCOc1ccccc1N(CC(=O)N(Cc1ccccc1Cl)C(CC)C(=O)NC1CCCC1)S(=O)(=O)c1ccc(C)cc1. The highest BCUT2D eigenvalue weighted by molar-refractivity contribution is 7.92. The molecule has 0 heterocycles. The number of aryl methyl sites for hydroxylation is 1. The van der Waals surface area contributed by atoms with Crippen molar-refractivity contribution in [3.63, 3.8) is 0 Å². The van der Waals surface area contributed by atoms with Crippen LogP contribution in [-0.2, 0) is 26.2 Å². The van der Waals surface area contributed by atoms with E-state index in [2.05, 4.69) is 5.32 Å². The number of hydrogen-bond acceptors (Lipinski definition) is 5. The van der Waals surface area contributed by atoms with Gasteiger partial charge >= 0.3 is 0 Å². The molecule has 0 radical (unpaired) electrons. The molecule has 43 heavy (non-hydrogen) atoms. The summed E-state index contributed by atoms with van der Waals surface area (Å²) in [4.78, 5) is 29.4. The average molecular weight is 626 g/mol. The maximum absolute atomic E-state index is 14.3. The minimum atomic E-state index is -4.21. The van der Waals surface area contributed by atoms with E-state index in [0.717, 1.165) is 35.6 Å². The lowest BCUT2D eigenvalue weighted by Gasteiger charge is -2.34. The number of anilines is 1. The van der Waals surface area contributed by atoms with Crippen LogP contribution in [0.2, 0.25) is 5.02 Å². The Hall–Kier alpha value is -3.56. The number of hydrogen-bond donors (Lipinski definition) is 1. The Bertz CT molecular complexity index is 1510. The molecule has 1 aliphatic rings. The first-order valence-corrected chi connectivity index (χ1v) is 16.6. The highest BCUT2D eigenvalue weighted by Crippen LogP contribution is 2.33. The molecule has 0 aliphatic heterocycles. The predicted molar refractivity (Wildman–Crippen MR) is 170 cm³/mol. The van der Waals surface area contributed by atoms with Crippen molar-refractivity contribution in [2.24, 2.45) is 0 Å². The predicted octanol–water partition coefficient (Wildman–Crippen LogP) is 6.11. The fourth-order valence-corrected chi connectivity index (χ4v) is 7.01. The van der Waals surface area contributed by atoms with Gasteiger partial charge in [0.25, 0.3) is 10.0 Å². The molecule has 3 aromatic carbocycles. The summed E-state index contributed by atoms with van der Waals surface area (Å²) >= 11 is 6.50. The first-order chi connectivity index (χ1) is 20.6. The molecule has 4 rings (SSSR count). The highest BCUT2D eigenvalue weighted by Gasteiger charge is 2.35. The normalized spacial score (nSPS) is 14.2. The third kappa shape index (κ3) is 7.89. The van der Waals surface area contributed by atoms with Crippen molar-refractivity contribution >= 4 is 39.1 Å². The first kappa shape index (κ1) is 32.4. The van der Waals surface area contributed by atoms with E-state index in [-0.39, 0.29) is 29.1 Å². The molecule has 1 aliphatic carbocycles. The minimum Gasteiger partial charge on any atom is -0.492 e. The zero-order chi connectivity index (χ0) is 31.0. The Labute approximate surface area is 260 Å². The van der Waals surface area contributed by atoms with Gasteiger partial charge in [0.2, 0.25) is 11.8 Å². The Kier molecular flexibility index (Phi) is 11.1. The fourth-order valence-electron chi connectivity index (χ4n) is 5.39. The second-order valence-electron chi connectivity index (χ2n) is 10.8. The largest absolute Gasteiger partial charge is 0.492 e. The molecule has 3 aromatic rings. The number of halogens is 1. The zero-order valence-corrected chi connectivity index (χ0v) is 26.5. The molecule has 1 saturated carbocycles. The number of carbonyl (C=O) groups excluding carboxylic acids is 2. The van der Waals surface area contributed by atoms with Gasteiger partial charge in [-0.15, -0.1) is 0 Å². The summed E-state index contributed by atoms with van der Waals surface area (Å²) in [5, 5.41) is 3.58. The van der Waals surface area contributed by atoms with Crippen LogP contribution in [0.25, 0.3) is 0 Å². The maximum atomic E-state index is 14.3. The minimum absolute atomic E-state index is 0.0423. The van der Waals surface area contributed by atoms with Crippen molar-refractivity contribution in [3.05, 3.63) is 88.9 Å². The van der Waals surface area contributed by atoms with Gasteiger partial charge in [-0.25, -0.2) is 8.42 Å². The van der Waals surface area contributed by atoms with Crippen LogP contribution in [0.5, 0.6) is 5.75 Å². The van der Waals surface area contributed by atoms with E-state index in [0.29, 0.717) is 29.4 Å². The third-order valence-corrected chi connectivity index (χ3v) is 9.85. The van der Waals surface area contributed by atoms with E-state index in [1.165, 1.54) is 17.0 Å². The Balaban J connectivity index is 1.76. The number of ether oxygens (including phenoxy) is 1. The smallest absolute Gasteiger partial charge is 0.264 e. The Morgan fingerprint density at radius 3 is 2.28 bits per heavy atom. The van der Waals surface area contributed by atoms with Crippen LogP contribution in [0.1, 0.15) is 57.1 Å². The van der Waals surface area contributed by atoms with Crippen LogP contribution in [-0.4, -0.2) is 50.4 Å². The van der Waals surface area contributed by atoms with E-state index < -0.39 is 28.5 Å². The van der Waals surface area contributed by atoms with Gasteiger partial charge in [-0.3, -0.25) is 13.9 Å². The molecule has 0 aromatic heterocycles. The topological polar surface area (TPSA) is 96.0 Å². The number of amides is 2. The molecule has 0 bridgehead atoms. The van der Waals surface area contributed by atoms with Crippen molar-refractivity contribution in [1.82, 2.24) is 10.2 Å². The van der Waals surface area contributed by atoms with Crippen molar-refractivity contribution < 1.29 is 22.7 Å². The van der Waals surface area contributed by atoms with Gasteiger partial charge in [-0.2, -0.15) is 0 Å². The van der Waals surface area contributed by atoms with Crippen LogP contribution < -0.4 is 14.4 Å². The van der Waals surface area contributed by atoms with E-state index in [9.17, 15) is 18.0 Å². The van der Waals surface area contributed by atoms with Gasteiger partial charge in [0.1, 0.15) is 18.3 Å². The Morgan fingerprint density at radius 2 is 1.63 bits per heavy atom. The van der Waals surface area contributed by atoms with Gasteiger partial charge < -0.3 is 15.0 Å². The number of carbonyl (C=O) groups is 2. The summed E-state index contributed by atoms with van der Waals surface area (Å²) < 4.78 is 35.2. The first-order valence-electron chi connectivity index (χ1n) is 14.8. The number of rotatable bonds is 13. The number of nitrogens with one attached hydrogen (secondary N) is 1. The second kappa shape index (κ2) is 14.8. The van der Waals surface area contributed by atoms with Crippen LogP contribution in [0.4, 0.5) is 5.69 Å².